The quantitative estimate of drug-likeness (QED) is 0.811. The molecule has 0 aliphatic heterocycles. The van der Waals surface area contributed by atoms with E-state index in [9.17, 15) is 4.79 Å². The van der Waals surface area contributed by atoms with E-state index in [1.165, 1.54) is 10.9 Å². The van der Waals surface area contributed by atoms with Crippen molar-refractivity contribution >= 4 is 5.97 Å². The predicted octanol–water partition coefficient (Wildman–Crippen LogP) is 1.69. The van der Waals surface area contributed by atoms with Gasteiger partial charge in [0.05, 0.1) is 0 Å². The van der Waals surface area contributed by atoms with Crippen LogP contribution in [0.15, 0.2) is 22.7 Å². The van der Waals surface area contributed by atoms with Gasteiger partial charge in [-0.1, -0.05) is 0 Å². The summed E-state index contributed by atoms with van der Waals surface area (Å²) in [6.07, 6.45) is 1.45. The van der Waals surface area contributed by atoms with E-state index in [4.69, 9.17) is 9.52 Å². The van der Waals surface area contributed by atoms with Crippen LogP contribution in [0.5, 0.6) is 0 Å². The van der Waals surface area contributed by atoms with Crippen LogP contribution in [0.2, 0.25) is 0 Å². The van der Waals surface area contributed by atoms with Crippen LogP contribution in [0.25, 0.3) is 11.5 Å². The van der Waals surface area contributed by atoms with Crippen LogP contribution in [0.4, 0.5) is 0 Å². The lowest BCUT2D eigenvalue weighted by molar-refractivity contribution is 0.0697. The minimum atomic E-state index is -1.01. The van der Waals surface area contributed by atoms with Gasteiger partial charge in [0.2, 0.25) is 0 Å². The molecule has 5 heteroatoms. The summed E-state index contributed by atoms with van der Waals surface area (Å²) in [5.41, 5.74) is 0.505. The van der Waals surface area contributed by atoms with Gasteiger partial charge >= 0.3 is 5.97 Å². The van der Waals surface area contributed by atoms with Crippen LogP contribution < -0.4 is 0 Å². The Bertz CT molecular complexity index is 510. The number of carboxylic acid groups (broad SMARTS) is 1. The molecule has 0 aromatic carbocycles. The second-order valence-electron chi connectivity index (χ2n) is 3.28. The van der Waals surface area contributed by atoms with Crippen LogP contribution in [-0.2, 0) is 7.05 Å². The highest BCUT2D eigenvalue weighted by atomic mass is 16.4. The van der Waals surface area contributed by atoms with E-state index < -0.39 is 5.97 Å². The van der Waals surface area contributed by atoms with Gasteiger partial charge in [0.1, 0.15) is 17.0 Å². The van der Waals surface area contributed by atoms with Crippen LogP contribution in [0.1, 0.15) is 16.1 Å². The van der Waals surface area contributed by atoms with Crippen molar-refractivity contribution in [2.24, 2.45) is 7.05 Å². The molecule has 0 aliphatic rings. The Hall–Kier alpha value is -2.04. The third-order valence-electron chi connectivity index (χ3n) is 2.03. The highest BCUT2D eigenvalue weighted by Crippen LogP contribution is 2.23. The summed E-state index contributed by atoms with van der Waals surface area (Å²) >= 11 is 0. The molecule has 0 atom stereocenters. The van der Waals surface area contributed by atoms with Crippen LogP contribution in [0, 0.1) is 6.92 Å². The average Bonchev–Trinajstić information content (AvgIpc) is 2.71. The summed E-state index contributed by atoms with van der Waals surface area (Å²) in [6, 6.07) is 3.49. The molecule has 0 unspecified atom stereocenters. The fourth-order valence-corrected chi connectivity index (χ4v) is 1.39. The number of furan rings is 1. The molecule has 2 aromatic rings. The topological polar surface area (TPSA) is 68.3 Å². The fourth-order valence-electron chi connectivity index (χ4n) is 1.39. The summed E-state index contributed by atoms with van der Waals surface area (Å²) in [5.74, 6) is 0.199. The van der Waals surface area contributed by atoms with Crippen molar-refractivity contribution in [1.29, 1.82) is 0 Å². The lowest BCUT2D eigenvalue weighted by Gasteiger charge is -1.92. The smallest absolute Gasteiger partial charge is 0.339 e. The molecule has 0 aliphatic carbocycles. The largest absolute Gasteiger partial charge is 0.478 e. The molecule has 5 nitrogen and oxygen atoms in total. The van der Waals surface area contributed by atoms with E-state index in [2.05, 4.69) is 5.10 Å². The number of carbonyl (C=O) groups is 1. The number of hydrogen-bond donors (Lipinski definition) is 1. The van der Waals surface area contributed by atoms with E-state index in [-0.39, 0.29) is 5.56 Å². The summed E-state index contributed by atoms with van der Waals surface area (Å²) < 4.78 is 6.79. The molecular formula is C10H10N2O3. The Morgan fingerprint density at radius 3 is 2.80 bits per heavy atom. The summed E-state index contributed by atoms with van der Waals surface area (Å²) in [7, 11) is 1.67. The number of nitrogens with zero attached hydrogens (tertiary/aromatic N) is 2. The van der Waals surface area contributed by atoms with Crippen molar-refractivity contribution in [1.82, 2.24) is 9.78 Å². The predicted molar refractivity (Wildman–Crippen MR) is 52.6 cm³/mol. The first kappa shape index (κ1) is 9.51. The van der Waals surface area contributed by atoms with Crippen molar-refractivity contribution in [3.63, 3.8) is 0 Å². The number of aromatic nitrogens is 2. The molecule has 0 saturated carbocycles. The maximum absolute atomic E-state index is 10.9. The molecule has 2 aromatic heterocycles. The van der Waals surface area contributed by atoms with Crippen molar-refractivity contribution in [3.05, 3.63) is 29.7 Å². The van der Waals surface area contributed by atoms with Gasteiger partial charge in [0.25, 0.3) is 0 Å². The second-order valence-corrected chi connectivity index (χ2v) is 3.28. The lowest BCUT2D eigenvalue weighted by Crippen LogP contribution is -1.95. The third kappa shape index (κ3) is 1.63. The summed E-state index contributed by atoms with van der Waals surface area (Å²) in [4.78, 5) is 10.9. The number of aryl methyl sites for hydroxylation is 2. The third-order valence-corrected chi connectivity index (χ3v) is 2.03. The van der Waals surface area contributed by atoms with Gasteiger partial charge in [-0.25, -0.2) is 4.79 Å². The van der Waals surface area contributed by atoms with Crippen LogP contribution in [0.3, 0.4) is 0 Å². The van der Waals surface area contributed by atoms with Crippen molar-refractivity contribution in [3.8, 4) is 11.5 Å². The highest BCUT2D eigenvalue weighted by Gasteiger charge is 2.18. The molecule has 2 heterocycles. The standard InChI is InChI=1S/C10H10N2O3/c1-6-3-4-8(15-6)9-7(10(13)14)5-12(2)11-9/h3-5H,1-2H3,(H,13,14). The Morgan fingerprint density at radius 2 is 2.27 bits per heavy atom. The molecule has 2 rings (SSSR count). The van der Waals surface area contributed by atoms with Crippen molar-refractivity contribution < 1.29 is 14.3 Å². The Labute approximate surface area is 85.9 Å². The van der Waals surface area contributed by atoms with Gasteiger partial charge in [-0.05, 0) is 19.1 Å². The van der Waals surface area contributed by atoms with Gasteiger partial charge in [-0.2, -0.15) is 5.10 Å². The van der Waals surface area contributed by atoms with Gasteiger partial charge in [0, 0.05) is 13.2 Å². The maximum atomic E-state index is 10.9. The lowest BCUT2D eigenvalue weighted by atomic mass is 10.2. The number of rotatable bonds is 2. The highest BCUT2D eigenvalue weighted by molar-refractivity contribution is 5.93. The normalized spacial score (nSPS) is 10.5. The Kier molecular flexibility index (Phi) is 2.07. The first-order valence-electron chi connectivity index (χ1n) is 4.41. The molecule has 15 heavy (non-hydrogen) atoms. The van der Waals surface area contributed by atoms with E-state index in [0.717, 1.165) is 5.76 Å². The molecular weight excluding hydrogens is 196 g/mol. The van der Waals surface area contributed by atoms with Gasteiger partial charge in [-0.3, -0.25) is 4.68 Å². The maximum Gasteiger partial charge on any atom is 0.339 e. The van der Waals surface area contributed by atoms with E-state index >= 15 is 0 Å². The Balaban J connectivity index is 2.56. The van der Waals surface area contributed by atoms with Gasteiger partial charge < -0.3 is 9.52 Å². The zero-order chi connectivity index (χ0) is 11.0. The SMILES string of the molecule is Cc1ccc(-c2nn(C)cc2C(=O)O)o1. The summed E-state index contributed by atoms with van der Waals surface area (Å²) in [6.45, 7) is 1.80. The molecule has 0 spiro atoms. The minimum absolute atomic E-state index is 0.145. The van der Waals surface area contributed by atoms with E-state index in [1.54, 1.807) is 26.1 Å². The molecule has 0 fully saturated rings. The summed E-state index contributed by atoms with van der Waals surface area (Å²) in [5, 5.41) is 13.0. The first-order chi connectivity index (χ1) is 7.08. The molecule has 0 saturated heterocycles. The minimum Gasteiger partial charge on any atom is -0.478 e. The number of aromatic carboxylic acids is 1. The zero-order valence-electron chi connectivity index (χ0n) is 8.39. The fraction of sp³-hybridized carbons (Fsp3) is 0.200. The van der Waals surface area contributed by atoms with Crippen LogP contribution >= 0.6 is 0 Å². The second kappa shape index (κ2) is 3.27. The van der Waals surface area contributed by atoms with Gasteiger partial charge in [0.15, 0.2) is 5.76 Å². The first-order valence-corrected chi connectivity index (χ1v) is 4.41. The number of hydrogen-bond acceptors (Lipinski definition) is 3. The van der Waals surface area contributed by atoms with Crippen LogP contribution in [-0.4, -0.2) is 20.9 Å². The monoisotopic (exact) mass is 206 g/mol. The molecule has 0 radical (unpaired) electrons. The van der Waals surface area contributed by atoms with Gasteiger partial charge in [-0.15, -0.1) is 0 Å². The Morgan fingerprint density at radius 1 is 1.53 bits per heavy atom. The van der Waals surface area contributed by atoms with E-state index in [1.807, 2.05) is 0 Å². The molecule has 0 amide bonds. The molecule has 1 N–H and O–H groups in total. The molecule has 78 valence electrons. The van der Waals surface area contributed by atoms with Crippen molar-refractivity contribution in [2.75, 3.05) is 0 Å². The zero-order valence-corrected chi connectivity index (χ0v) is 8.39. The molecule has 0 bridgehead atoms. The number of carboxylic acids is 1. The average molecular weight is 206 g/mol. The van der Waals surface area contributed by atoms with E-state index in [0.29, 0.717) is 11.5 Å². The van der Waals surface area contributed by atoms with Crippen molar-refractivity contribution in [2.45, 2.75) is 6.92 Å².